The van der Waals surface area contributed by atoms with E-state index >= 15 is 0 Å². The van der Waals surface area contributed by atoms with Crippen molar-refractivity contribution in [3.8, 4) is 11.7 Å². The Kier molecular flexibility index (Phi) is 6.01. The van der Waals surface area contributed by atoms with Crippen molar-refractivity contribution in [1.29, 1.82) is 0 Å². The number of ether oxygens (including phenoxy) is 1. The normalized spacial score (nSPS) is 16.4. The van der Waals surface area contributed by atoms with Crippen LogP contribution in [0.4, 0.5) is 0 Å². The number of furan rings is 1. The summed E-state index contributed by atoms with van der Waals surface area (Å²) in [5, 5.41) is 10.9. The topological polar surface area (TPSA) is 102 Å². The molecule has 9 heteroatoms. The van der Waals surface area contributed by atoms with Crippen molar-refractivity contribution in [3.05, 3.63) is 60.1 Å². The van der Waals surface area contributed by atoms with Crippen LogP contribution in [0.2, 0.25) is 0 Å². The first-order chi connectivity index (χ1) is 15.0. The molecule has 4 rings (SSSR count). The highest BCUT2D eigenvalue weighted by Crippen LogP contribution is 2.26. The van der Waals surface area contributed by atoms with Crippen molar-refractivity contribution < 1.29 is 18.7 Å². The Hall–Kier alpha value is -3.62. The van der Waals surface area contributed by atoms with Gasteiger partial charge in [-0.05, 0) is 44.9 Å². The van der Waals surface area contributed by atoms with E-state index in [2.05, 4.69) is 15.6 Å². The molecule has 31 heavy (non-hydrogen) atoms. The van der Waals surface area contributed by atoms with Gasteiger partial charge in [-0.2, -0.15) is 0 Å². The highest BCUT2D eigenvalue weighted by atomic mass is 16.6. The lowest BCUT2D eigenvalue weighted by atomic mass is 10.1. The standard InChI is InChI=1S/C22H25N5O4/c1-15(2)23-21(28)18-14-27(25-24-18)16-7-6-12-26(13-16)22(29)19-10-11-20(31-19)30-17-8-4-3-5-9-17/h3-5,8-11,14-16H,6-7,12-13H2,1-2H3,(H,23,28)/t16-/m0/s1. The van der Waals surface area contributed by atoms with Gasteiger partial charge in [0.25, 0.3) is 17.8 Å². The highest BCUT2D eigenvalue weighted by molar-refractivity contribution is 5.92. The zero-order valence-electron chi connectivity index (χ0n) is 17.5. The second-order valence-corrected chi connectivity index (χ2v) is 7.79. The lowest BCUT2D eigenvalue weighted by Gasteiger charge is -2.31. The second kappa shape index (κ2) is 9.03. The monoisotopic (exact) mass is 423 g/mol. The molecule has 2 amide bonds. The van der Waals surface area contributed by atoms with Crippen molar-refractivity contribution in [2.24, 2.45) is 0 Å². The first-order valence-corrected chi connectivity index (χ1v) is 10.3. The first kappa shape index (κ1) is 20.6. The van der Waals surface area contributed by atoms with Crippen LogP contribution in [0.5, 0.6) is 11.7 Å². The van der Waals surface area contributed by atoms with Crippen LogP contribution in [0.1, 0.15) is 53.8 Å². The second-order valence-electron chi connectivity index (χ2n) is 7.79. The number of aromatic nitrogens is 3. The number of hydrogen-bond acceptors (Lipinski definition) is 6. The molecule has 1 N–H and O–H groups in total. The molecule has 1 aliphatic heterocycles. The average molecular weight is 423 g/mol. The van der Waals surface area contributed by atoms with E-state index in [-0.39, 0.29) is 41.3 Å². The molecule has 1 atom stereocenters. The van der Waals surface area contributed by atoms with E-state index < -0.39 is 0 Å². The van der Waals surface area contributed by atoms with Gasteiger partial charge in [0.1, 0.15) is 5.75 Å². The summed E-state index contributed by atoms with van der Waals surface area (Å²) in [5.41, 5.74) is 0.269. The maximum Gasteiger partial charge on any atom is 0.290 e. The molecule has 1 fully saturated rings. The third-order valence-electron chi connectivity index (χ3n) is 4.97. The third kappa shape index (κ3) is 4.93. The molecule has 1 aliphatic rings. The fraction of sp³-hybridized carbons (Fsp3) is 0.364. The van der Waals surface area contributed by atoms with Crippen molar-refractivity contribution >= 4 is 11.8 Å². The molecule has 0 aliphatic carbocycles. The van der Waals surface area contributed by atoms with Crippen molar-refractivity contribution in [2.45, 2.75) is 38.8 Å². The zero-order valence-corrected chi connectivity index (χ0v) is 17.5. The number of para-hydroxylation sites is 1. The minimum atomic E-state index is -0.258. The van der Waals surface area contributed by atoms with Gasteiger partial charge in [0.15, 0.2) is 11.5 Å². The maximum atomic E-state index is 12.9. The number of benzene rings is 1. The number of carbonyl (C=O) groups is 2. The molecule has 1 saturated heterocycles. The molecule has 9 nitrogen and oxygen atoms in total. The predicted octanol–water partition coefficient (Wildman–Crippen LogP) is 3.28. The smallest absolute Gasteiger partial charge is 0.290 e. The van der Waals surface area contributed by atoms with Gasteiger partial charge in [-0.15, -0.1) is 5.10 Å². The summed E-state index contributed by atoms with van der Waals surface area (Å²) in [4.78, 5) is 26.8. The Balaban J connectivity index is 1.40. The van der Waals surface area contributed by atoms with Gasteiger partial charge in [-0.25, -0.2) is 4.68 Å². The quantitative estimate of drug-likeness (QED) is 0.653. The SMILES string of the molecule is CC(C)NC(=O)c1cn([C@H]2CCCN(C(=O)c3ccc(Oc4ccccc4)o3)C2)nn1. The van der Waals surface area contributed by atoms with Gasteiger partial charge in [0, 0.05) is 25.2 Å². The van der Waals surface area contributed by atoms with Crippen LogP contribution in [0.25, 0.3) is 0 Å². The summed E-state index contributed by atoms with van der Waals surface area (Å²) in [5.74, 6) is 0.664. The summed E-state index contributed by atoms with van der Waals surface area (Å²) >= 11 is 0. The van der Waals surface area contributed by atoms with Gasteiger partial charge in [-0.3, -0.25) is 9.59 Å². The van der Waals surface area contributed by atoms with E-state index in [1.54, 1.807) is 27.9 Å². The van der Waals surface area contributed by atoms with Crippen molar-refractivity contribution in [2.75, 3.05) is 13.1 Å². The Labute approximate surface area is 180 Å². The van der Waals surface area contributed by atoms with Crippen LogP contribution in [-0.4, -0.2) is 50.8 Å². The number of rotatable bonds is 6. The van der Waals surface area contributed by atoms with Crippen molar-refractivity contribution in [1.82, 2.24) is 25.2 Å². The third-order valence-corrected chi connectivity index (χ3v) is 4.97. The predicted molar refractivity (Wildman–Crippen MR) is 112 cm³/mol. The fourth-order valence-corrected chi connectivity index (χ4v) is 3.50. The molecule has 162 valence electrons. The number of amides is 2. The lowest BCUT2D eigenvalue weighted by molar-refractivity contribution is 0.0635. The molecule has 1 aromatic carbocycles. The number of nitrogens with one attached hydrogen (secondary N) is 1. The Morgan fingerprint density at radius 3 is 2.77 bits per heavy atom. The van der Waals surface area contributed by atoms with Crippen LogP contribution in [0.3, 0.4) is 0 Å². The maximum absolute atomic E-state index is 12.9. The average Bonchev–Trinajstić information content (AvgIpc) is 3.44. The number of nitrogens with zero attached hydrogens (tertiary/aromatic N) is 4. The Morgan fingerprint density at radius 1 is 1.19 bits per heavy atom. The molecule has 0 radical (unpaired) electrons. The van der Waals surface area contributed by atoms with Crippen LogP contribution in [0.15, 0.2) is 53.1 Å². The van der Waals surface area contributed by atoms with Crippen LogP contribution >= 0.6 is 0 Å². The van der Waals surface area contributed by atoms with Gasteiger partial charge in [0.05, 0.1) is 12.2 Å². The summed E-state index contributed by atoms with van der Waals surface area (Å²) in [6.45, 7) is 4.86. The van der Waals surface area contributed by atoms with E-state index in [1.165, 1.54) is 0 Å². The van der Waals surface area contributed by atoms with Crippen molar-refractivity contribution in [3.63, 3.8) is 0 Å². The number of piperidine rings is 1. The van der Waals surface area contributed by atoms with Gasteiger partial charge in [-0.1, -0.05) is 23.4 Å². The molecular formula is C22H25N5O4. The van der Waals surface area contributed by atoms with Gasteiger partial charge in [0.2, 0.25) is 0 Å². The first-order valence-electron chi connectivity index (χ1n) is 10.3. The summed E-state index contributed by atoms with van der Waals surface area (Å²) in [6.07, 6.45) is 3.30. The summed E-state index contributed by atoms with van der Waals surface area (Å²) in [6, 6.07) is 12.5. The molecule has 0 spiro atoms. The van der Waals surface area contributed by atoms with E-state index in [0.717, 1.165) is 12.8 Å². The molecule has 0 bridgehead atoms. The minimum Gasteiger partial charge on any atom is -0.426 e. The van der Waals surface area contributed by atoms with Gasteiger partial charge >= 0.3 is 0 Å². The van der Waals surface area contributed by atoms with Gasteiger partial charge < -0.3 is 19.4 Å². The molecule has 3 aromatic rings. The molecule has 2 aromatic heterocycles. The zero-order chi connectivity index (χ0) is 21.8. The minimum absolute atomic E-state index is 0.0181. The van der Waals surface area contributed by atoms with E-state index in [9.17, 15) is 9.59 Å². The highest BCUT2D eigenvalue weighted by Gasteiger charge is 2.28. The lowest BCUT2D eigenvalue weighted by Crippen LogP contribution is -2.40. The summed E-state index contributed by atoms with van der Waals surface area (Å²) < 4.78 is 12.9. The number of carbonyl (C=O) groups excluding carboxylic acids is 2. The molecule has 0 saturated carbocycles. The molecule has 3 heterocycles. The van der Waals surface area contributed by atoms with E-state index in [1.807, 2.05) is 44.2 Å². The van der Waals surface area contributed by atoms with Crippen LogP contribution in [-0.2, 0) is 0 Å². The molecule has 0 unspecified atom stereocenters. The largest absolute Gasteiger partial charge is 0.426 e. The Morgan fingerprint density at radius 2 is 2.00 bits per heavy atom. The fourth-order valence-electron chi connectivity index (χ4n) is 3.50. The number of likely N-dealkylation sites (tertiary alicyclic amines) is 1. The molecular weight excluding hydrogens is 398 g/mol. The van der Waals surface area contributed by atoms with Crippen LogP contribution in [0, 0.1) is 0 Å². The van der Waals surface area contributed by atoms with Crippen LogP contribution < -0.4 is 10.1 Å². The number of hydrogen-bond donors (Lipinski definition) is 1. The Bertz CT molecular complexity index is 1040. The van der Waals surface area contributed by atoms with E-state index in [0.29, 0.717) is 18.8 Å². The van der Waals surface area contributed by atoms with E-state index in [4.69, 9.17) is 9.15 Å². The summed E-state index contributed by atoms with van der Waals surface area (Å²) in [7, 11) is 0.